The summed E-state index contributed by atoms with van der Waals surface area (Å²) in [6.45, 7) is 3.50. The van der Waals surface area contributed by atoms with Crippen LogP contribution in [0.5, 0.6) is 0 Å². The minimum atomic E-state index is -1.34. The maximum absolute atomic E-state index is 11.9. The first-order valence-electron chi connectivity index (χ1n) is 5.42. The Morgan fingerprint density at radius 3 is 2.24 bits per heavy atom. The molecule has 0 fully saturated rings. The van der Waals surface area contributed by atoms with Gasteiger partial charge in [0.25, 0.3) is 0 Å². The van der Waals surface area contributed by atoms with Crippen molar-refractivity contribution in [3.63, 3.8) is 0 Å². The van der Waals surface area contributed by atoms with E-state index >= 15 is 0 Å². The smallest absolute Gasteiger partial charge is 0.319 e. The molecule has 0 heterocycles. The van der Waals surface area contributed by atoms with Crippen LogP contribution in [-0.4, -0.2) is 34.8 Å². The predicted octanol–water partition coefficient (Wildman–Crippen LogP) is 1.77. The molecule has 17 heavy (non-hydrogen) atoms. The van der Waals surface area contributed by atoms with Crippen LogP contribution >= 0.6 is 15.9 Å². The van der Waals surface area contributed by atoms with Crippen LogP contribution in [0.4, 0.5) is 0 Å². The van der Waals surface area contributed by atoms with Crippen LogP contribution in [0.2, 0.25) is 0 Å². The van der Waals surface area contributed by atoms with Crippen molar-refractivity contribution in [2.75, 3.05) is 11.9 Å². The number of alkyl halides is 1. The second-order valence-corrected chi connectivity index (χ2v) is 4.17. The van der Waals surface area contributed by atoms with Gasteiger partial charge in [-0.1, -0.05) is 22.9 Å². The highest BCUT2D eigenvalue weighted by atomic mass is 79.9. The van der Waals surface area contributed by atoms with Crippen molar-refractivity contribution < 1.29 is 24.2 Å². The Kier molecular flexibility index (Phi) is 7.03. The van der Waals surface area contributed by atoms with Crippen LogP contribution in [0.15, 0.2) is 0 Å². The van der Waals surface area contributed by atoms with E-state index in [1.807, 2.05) is 0 Å². The van der Waals surface area contributed by atoms with Gasteiger partial charge in [-0.15, -0.1) is 0 Å². The lowest BCUT2D eigenvalue weighted by molar-refractivity contribution is -0.160. The summed E-state index contributed by atoms with van der Waals surface area (Å²) in [5.41, 5.74) is -1.34. The number of carboxylic acid groups (broad SMARTS) is 1. The molecule has 0 amide bonds. The molecule has 0 saturated carbocycles. The van der Waals surface area contributed by atoms with Gasteiger partial charge in [-0.25, -0.2) is 0 Å². The van der Waals surface area contributed by atoms with Crippen molar-refractivity contribution in [1.82, 2.24) is 0 Å². The number of hydrogen-bond acceptors (Lipinski definition) is 4. The van der Waals surface area contributed by atoms with Gasteiger partial charge < -0.3 is 9.84 Å². The van der Waals surface area contributed by atoms with Crippen molar-refractivity contribution in [3.05, 3.63) is 0 Å². The molecule has 0 spiro atoms. The first-order valence-corrected chi connectivity index (χ1v) is 6.55. The number of ketones is 1. The molecule has 6 heteroatoms. The highest BCUT2D eigenvalue weighted by molar-refractivity contribution is 9.09. The number of hydrogen-bond donors (Lipinski definition) is 1. The molecule has 0 aliphatic carbocycles. The molecule has 0 radical (unpaired) electrons. The molecule has 0 aromatic heterocycles. The third kappa shape index (κ3) is 4.11. The molecule has 5 nitrogen and oxygen atoms in total. The van der Waals surface area contributed by atoms with Gasteiger partial charge in [0, 0.05) is 6.42 Å². The van der Waals surface area contributed by atoms with Gasteiger partial charge in [0.05, 0.1) is 11.9 Å². The summed E-state index contributed by atoms with van der Waals surface area (Å²) in [6, 6.07) is 0. The minimum Gasteiger partial charge on any atom is -0.481 e. The topological polar surface area (TPSA) is 80.7 Å². The lowest BCUT2D eigenvalue weighted by Crippen LogP contribution is -2.41. The second-order valence-electron chi connectivity index (χ2n) is 3.61. The standard InChI is InChI=1S/C11H17BrO5/c1-3-11(8(13)7-12,6-5-9(14)15)10(16)17-4-2/h3-7H2,1-2H3,(H,14,15). The lowest BCUT2D eigenvalue weighted by atomic mass is 9.77. The molecule has 0 saturated heterocycles. The average molecular weight is 309 g/mol. The first-order chi connectivity index (χ1) is 7.94. The highest BCUT2D eigenvalue weighted by Gasteiger charge is 2.44. The van der Waals surface area contributed by atoms with E-state index in [0.717, 1.165) is 0 Å². The number of aliphatic carboxylic acids is 1. The van der Waals surface area contributed by atoms with Crippen molar-refractivity contribution in [3.8, 4) is 0 Å². The largest absolute Gasteiger partial charge is 0.481 e. The van der Waals surface area contributed by atoms with E-state index in [1.165, 1.54) is 0 Å². The number of Topliss-reactive ketones (excluding diaryl/α,β-unsaturated/α-hetero) is 1. The number of ether oxygens (including phenoxy) is 1. The SMILES string of the molecule is CCOC(=O)C(CC)(CCC(=O)O)C(=O)CBr. The van der Waals surface area contributed by atoms with Gasteiger partial charge in [0.1, 0.15) is 5.41 Å². The summed E-state index contributed by atoms with van der Waals surface area (Å²) < 4.78 is 4.88. The molecule has 0 bridgehead atoms. The number of carbonyl (C=O) groups excluding carboxylic acids is 2. The van der Waals surface area contributed by atoms with Crippen LogP contribution in [0.25, 0.3) is 0 Å². The number of carbonyl (C=O) groups is 3. The van der Waals surface area contributed by atoms with Crippen molar-refractivity contribution in [2.24, 2.45) is 5.41 Å². The van der Waals surface area contributed by atoms with E-state index in [4.69, 9.17) is 9.84 Å². The van der Waals surface area contributed by atoms with Crippen LogP contribution in [0.1, 0.15) is 33.1 Å². The summed E-state index contributed by atoms with van der Waals surface area (Å²) in [4.78, 5) is 34.3. The van der Waals surface area contributed by atoms with Gasteiger partial charge in [-0.2, -0.15) is 0 Å². The number of carboxylic acids is 1. The zero-order valence-corrected chi connectivity index (χ0v) is 11.6. The molecule has 98 valence electrons. The fourth-order valence-corrected chi connectivity index (χ4v) is 2.13. The monoisotopic (exact) mass is 308 g/mol. The van der Waals surface area contributed by atoms with Gasteiger partial charge in [-0.3, -0.25) is 14.4 Å². The van der Waals surface area contributed by atoms with E-state index in [1.54, 1.807) is 13.8 Å². The molecular weight excluding hydrogens is 292 g/mol. The van der Waals surface area contributed by atoms with E-state index in [2.05, 4.69) is 15.9 Å². The third-order valence-corrected chi connectivity index (χ3v) is 3.20. The van der Waals surface area contributed by atoms with Gasteiger partial charge in [-0.05, 0) is 19.8 Å². The Morgan fingerprint density at radius 1 is 1.29 bits per heavy atom. The minimum absolute atomic E-state index is 0.0132. The third-order valence-electron chi connectivity index (χ3n) is 2.69. The zero-order valence-electron chi connectivity index (χ0n) is 9.99. The fraction of sp³-hybridized carbons (Fsp3) is 0.727. The molecule has 0 rings (SSSR count). The Morgan fingerprint density at radius 2 is 1.88 bits per heavy atom. The summed E-state index contributed by atoms with van der Waals surface area (Å²) in [7, 11) is 0. The summed E-state index contributed by atoms with van der Waals surface area (Å²) in [6.07, 6.45) is -0.0168. The molecule has 1 atom stereocenters. The van der Waals surface area contributed by atoms with Crippen molar-refractivity contribution >= 4 is 33.7 Å². The maximum Gasteiger partial charge on any atom is 0.319 e. The van der Waals surface area contributed by atoms with Gasteiger partial charge >= 0.3 is 11.9 Å². The number of rotatable bonds is 8. The second kappa shape index (κ2) is 7.42. The number of esters is 1. The van der Waals surface area contributed by atoms with Crippen molar-refractivity contribution in [1.29, 1.82) is 0 Å². The molecular formula is C11H17BrO5. The van der Waals surface area contributed by atoms with E-state index in [0.29, 0.717) is 0 Å². The van der Waals surface area contributed by atoms with Gasteiger partial charge in [0.2, 0.25) is 0 Å². The molecule has 0 aromatic carbocycles. The maximum atomic E-state index is 11.9. The van der Waals surface area contributed by atoms with E-state index in [9.17, 15) is 14.4 Å². The molecule has 0 aliphatic heterocycles. The molecule has 1 unspecified atom stereocenters. The summed E-state index contributed by atoms with van der Waals surface area (Å²) >= 11 is 3.01. The molecule has 0 aliphatic rings. The molecule has 1 N–H and O–H groups in total. The molecule has 0 aromatic rings. The fourth-order valence-electron chi connectivity index (χ4n) is 1.59. The predicted molar refractivity (Wildman–Crippen MR) is 65.0 cm³/mol. The Bertz CT molecular complexity index is 302. The van der Waals surface area contributed by atoms with Crippen LogP contribution in [-0.2, 0) is 19.1 Å². The summed E-state index contributed by atoms with van der Waals surface area (Å²) in [5, 5.41) is 8.68. The summed E-state index contributed by atoms with van der Waals surface area (Å²) in [5.74, 6) is -2.00. The lowest BCUT2D eigenvalue weighted by Gasteiger charge is -2.27. The van der Waals surface area contributed by atoms with E-state index in [-0.39, 0.29) is 37.0 Å². The average Bonchev–Trinajstić information content (AvgIpc) is 2.30. The van der Waals surface area contributed by atoms with Crippen molar-refractivity contribution in [2.45, 2.75) is 33.1 Å². The Balaban J connectivity index is 5.06. The van der Waals surface area contributed by atoms with Crippen LogP contribution in [0.3, 0.4) is 0 Å². The normalized spacial score (nSPS) is 13.8. The van der Waals surface area contributed by atoms with E-state index < -0.39 is 17.4 Å². The van der Waals surface area contributed by atoms with Crippen LogP contribution in [0, 0.1) is 5.41 Å². The van der Waals surface area contributed by atoms with Crippen LogP contribution < -0.4 is 0 Å². The first kappa shape index (κ1) is 16.1. The Labute approximate surface area is 109 Å². The highest BCUT2D eigenvalue weighted by Crippen LogP contribution is 2.32. The van der Waals surface area contributed by atoms with Gasteiger partial charge in [0.15, 0.2) is 5.78 Å². The number of halogens is 1. The quantitative estimate of drug-likeness (QED) is 0.420. The zero-order chi connectivity index (χ0) is 13.5. The Hall–Kier alpha value is -0.910.